The van der Waals surface area contributed by atoms with Crippen LogP contribution in [0.4, 0.5) is 28.0 Å². The fraction of sp³-hybridized carbons (Fsp3) is 0.304. The summed E-state index contributed by atoms with van der Waals surface area (Å²) in [5.74, 6) is -2.97. The predicted octanol–water partition coefficient (Wildman–Crippen LogP) is 4.40. The maximum absolute atomic E-state index is 14.8. The quantitative estimate of drug-likeness (QED) is 0.535. The molecule has 4 rings (SSSR count). The van der Waals surface area contributed by atoms with Crippen molar-refractivity contribution in [3.05, 3.63) is 71.1 Å². The first kappa shape index (κ1) is 22.8. The molecular weight excluding hydrogens is 438 g/mol. The van der Waals surface area contributed by atoms with Gasteiger partial charge in [-0.05, 0) is 68.9 Å². The van der Waals surface area contributed by atoms with Crippen LogP contribution in [-0.2, 0) is 6.42 Å². The molecule has 1 atom stereocenters. The lowest BCUT2D eigenvalue weighted by Crippen LogP contribution is -2.41. The van der Waals surface area contributed by atoms with Crippen LogP contribution in [0.15, 0.2) is 36.5 Å². The molecule has 1 aliphatic heterocycles. The molecule has 1 aromatic heterocycles. The molecule has 0 saturated carbocycles. The maximum Gasteiger partial charge on any atom is 0.322 e. The van der Waals surface area contributed by atoms with E-state index in [-0.39, 0.29) is 17.7 Å². The Balaban J connectivity index is 1.59. The van der Waals surface area contributed by atoms with Crippen LogP contribution in [0.5, 0.6) is 0 Å². The minimum atomic E-state index is -0.812. The van der Waals surface area contributed by atoms with E-state index in [1.165, 1.54) is 35.4 Å². The first-order valence-corrected chi connectivity index (χ1v) is 10.4. The second-order valence-electron chi connectivity index (χ2n) is 8.25. The number of benzene rings is 2. The average Bonchev–Trinajstić information content (AvgIpc) is 3.35. The average molecular weight is 461 g/mol. The highest BCUT2D eigenvalue weighted by Gasteiger charge is 2.29. The zero-order chi connectivity index (χ0) is 23.7. The third-order valence-corrected chi connectivity index (χ3v) is 5.64. The summed E-state index contributed by atoms with van der Waals surface area (Å²) in [5, 5.41) is 8.57. The lowest BCUT2D eigenvalue weighted by Gasteiger charge is -2.25. The second-order valence-corrected chi connectivity index (χ2v) is 8.25. The van der Waals surface area contributed by atoms with Crippen molar-refractivity contribution in [1.82, 2.24) is 20.4 Å². The fourth-order valence-corrected chi connectivity index (χ4v) is 4.00. The van der Waals surface area contributed by atoms with E-state index in [9.17, 15) is 22.4 Å². The van der Waals surface area contributed by atoms with Crippen molar-refractivity contribution in [3.63, 3.8) is 0 Å². The molecule has 0 bridgehead atoms. The van der Waals surface area contributed by atoms with Gasteiger partial charge in [-0.15, -0.1) is 5.10 Å². The van der Waals surface area contributed by atoms with Gasteiger partial charge >= 0.3 is 6.03 Å². The van der Waals surface area contributed by atoms with Crippen molar-refractivity contribution in [2.45, 2.75) is 18.9 Å². The van der Waals surface area contributed by atoms with Crippen molar-refractivity contribution >= 4 is 11.7 Å². The van der Waals surface area contributed by atoms with Gasteiger partial charge in [0.1, 0.15) is 17.5 Å². The van der Waals surface area contributed by atoms with Gasteiger partial charge in [0.25, 0.3) is 0 Å². The Morgan fingerprint density at radius 3 is 2.48 bits per heavy atom. The van der Waals surface area contributed by atoms with Crippen LogP contribution in [-0.4, -0.2) is 48.3 Å². The summed E-state index contributed by atoms with van der Waals surface area (Å²) in [6.07, 6.45) is 2.13. The highest BCUT2D eigenvalue weighted by atomic mass is 19.1. The normalized spacial score (nSPS) is 14.0. The van der Waals surface area contributed by atoms with E-state index < -0.39 is 35.5 Å². The Kier molecular flexibility index (Phi) is 6.37. The highest BCUT2D eigenvalue weighted by molar-refractivity contribution is 5.95. The van der Waals surface area contributed by atoms with Gasteiger partial charge in [0.15, 0.2) is 0 Å². The van der Waals surface area contributed by atoms with E-state index >= 15 is 0 Å². The third-order valence-electron chi connectivity index (χ3n) is 5.64. The van der Waals surface area contributed by atoms with E-state index in [2.05, 4.69) is 15.5 Å². The number of nitrogens with zero attached hydrogens (tertiary/aromatic N) is 3. The van der Waals surface area contributed by atoms with Crippen LogP contribution in [0.3, 0.4) is 0 Å². The number of rotatable bonds is 6. The third kappa shape index (κ3) is 4.85. The Labute approximate surface area is 188 Å². The summed E-state index contributed by atoms with van der Waals surface area (Å²) in [5.41, 5.74) is 1.42. The predicted molar refractivity (Wildman–Crippen MR) is 116 cm³/mol. The number of hydrogen-bond donors (Lipinski definition) is 2. The van der Waals surface area contributed by atoms with Crippen molar-refractivity contribution in [2.24, 2.45) is 0 Å². The van der Waals surface area contributed by atoms with Crippen LogP contribution < -0.4 is 10.2 Å². The summed E-state index contributed by atoms with van der Waals surface area (Å²) in [6.45, 7) is 0.851. The number of nitrogens with one attached hydrogen (secondary N) is 2. The summed E-state index contributed by atoms with van der Waals surface area (Å²) in [4.78, 5) is 16.4. The van der Waals surface area contributed by atoms with Gasteiger partial charge < -0.3 is 10.2 Å². The van der Waals surface area contributed by atoms with Crippen LogP contribution >= 0.6 is 0 Å². The molecule has 0 radical (unpaired) electrons. The molecule has 10 heteroatoms. The van der Waals surface area contributed by atoms with Crippen LogP contribution in [0.1, 0.15) is 23.6 Å². The number of carbonyl (C=O) groups is 1. The molecule has 0 aliphatic carbocycles. The minimum absolute atomic E-state index is 0.00934. The molecule has 1 aliphatic rings. The lowest BCUT2D eigenvalue weighted by atomic mass is 10.0. The molecule has 0 fully saturated rings. The minimum Gasteiger partial charge on any atom is -0.331 e. The van der Waals surface area contributed by atoms with E-state index in [1.807, 2.05) is 19.0 Å². The van der Waals surface area contributed by atoms with Crippen LogP contribution in [0.25, 0.3) is 11.1 Å². The first-order chi connectivity index (χ1) is 15.7. The highest BCUT2D eigenvalue weighted by Crippen LogP contribution is 2.35. The van der Waals surface area contributed by atoms with Gasteiger partial charge in [-0.25, -0.2) is 18.0 Å². The molecule has 2 N–H and O–H groups in total. The van der Waals surface area contributed by atoms with E-state index in [0.29, 0.717) is 36.2 Å². The van der Waals surface area contributed by atoms with Gasteiger partial charge in [-0.2, -0.15) is 4.39 Å². The molecular formula is C23H23F4N5O. The number of anilines is 1. The van der Waals surface area contributed by atoms with Gasteiger partial charge in [0, 0.05) is 24.4 Å². The zero-order valence-corrected chi connectivity index (χ0v) is 18.1. The van der Waals surface area contributed by atoms with Crippen molar-refractivity contribution < 1.29 is 22.4 Å². The number of hydrogen-bond acceptors (Lipinski definition) is 3. The van der Waals surface area contributed by atoms with E-state index in [0.717, 1.165) is 6.07 Å². The standard InChI is InChI=1S/C23H23F4N5O/c1-31(2)5-4-20(14-7-15(24)10-16(25)8-14)29-23(33)32-6-3-13-9-17(19(26)11-21(13)32)18-12-28-30-22(18)27/h7-12,20H,3-6H2,1-2H3,(H,28,30)(H,29,33)/t20-/m0/s1. The topological polar surface area (TPSA) is 64.3 Å². The number of aromatic nitrogens is 2. The Hall–Kier alpha value is -3.40. The summed E-state index contributed by atoms with van der Waals surface area (Å²) in [6, 6.07) is 4.69. The summed E-state index contributed by atoms with van der Waals surface area (Å²) >= 11 is 0. The number of fused-ring (bicyclic) bond motifs is 1. The maximum atomic E-state index is 14.8. The number of carbonyl (C=O) groups excluding carboxylic acids is 1. The van der Waals surface area contributed by atoms with Gasteiger partial charge in [0.05, 0.1) is 17.3 Å². The number of halogens is 4. The molecule has 0 spiro atoms. The van der Waals surface area contributed by atoms with Crippen LogP contribution in [0, 0.1) is 23.4 Å². The molecule has 2 aromatic carbocycles. The zero-order valence-electron chi connectivity index (χ0n) is 18.1. The smallest absolute Gasteiger partial charge is 0.322 e. The first-order valence-electron chi connectivity index (χ1n) is 10.4. The summed E-state index contributed by atoms with van der Waals surface area (Å²) in [7, 11) is 3.70. The van der Waals surface area contributed by atoms with Gasteiger partial charge in [-0.1, -0.05) is 0 Å². The molecule has 2 heterocycles. The Morgan fingerprint density at radius 1 is 1.12 bits per heavy atom. The second kappa shape index (κ2) is 9.22. The number of H-pyrrole nitrogens is 1. The number of aromatic amines is 1. The van der Waals surface area contributed by atoms with Crippen molar-refractivity contribution in [1.29, 1.82) is 0 Å². The fourth-order valence-electron chi connectivity index (χ4n) is 4.00. The molecule has 2 amide bonds. The SMILES string of the molecule is CN(C)CC[C@H](NC(=O)N1CCc2cc(-c3c[nH]nc3F)c(F)cc21)c1cc(F)cc(F)c1. The van der Waals surface area contributed by atoms with Gasteiger partial charge in [0.2, 0.25) is 5.95 Å². The van der Waals surface area contributed by atoms with E-state index in [4.69, 9.17) is 0 Å². The molecule has 6 nitrogen and oxygen atoms in total. The Morgan fingerprint density at radius 2 is 1.85 bits per heavy atom. The van der Waals surface area contributed by atoms with Crippen molar-refractivity contribution in [2.75, 3.05) is 32.1 Å². The van der Waals surface area contributed by atoms with Crippen molar-refractivity contribution in [3.8, 4) is 11.1 Å². The largest absolute Gasteiger partial charge is 0.331 e. The molecule has 3 aromatic rings. The van der Waals surface area contributed by atoms with E-state index in [1.54, 1.807) is 0 Å². The molecule has 174 valence electrons. The summed E-state index contributed by atoms with van der Waals surface area (Å²) < 4.78 is 56.2. The Bertz CT molecular complexity index is 1160. The lowest BCUT2D eigenvalue weighted by molar-refractivity contribution is 0.240. The molecule has 33 heavy (non-hydrogen) atoms. The molecule has 0 saturated heterocycles. The number of amides is 2. The number of urea groups is 1. The monoisotopic (exact) mass is 461 g/mol. The van der Waals surface area contributed by atoms with Crippen LogP contribution in [0.2, 0.25) is 0 Å². The van der Waals surface area contributed by atoms with Gasteiger partial charge in [-0.3, -0.25) is 10.00 Å². The molecule has 0 unspecified atom stereocenters.